The zero-order chi connectivity index (χ0) is 18.8. The van der Waals surface area contributed by atoms with Gasteiger partial charge >= 0.3 is 12.1 Å². The molecule has 0 aliphatic carbocycles. The number of carbonyl (C=O) groups is 1. The molecule has 1 aromatic carbocycles. The molecule has 0 fully saturated rings. The van der Waals surface area contributed by atoms with E-state index >= 15 is 0 Å². The maximum atomic E-state index is 13.0. The van der Waals surface area contributed by atoms with Crippen molar-refractivity contribution in [3.8, 4) is 5.69 Å². The van der Waals surface area contributed by atoms with Gasteiger partial charge in [0.05, 0.1) is 12.2 Å². The van der Waals surface area contributed by atoms with Gasteiger partial charge in [0.15, 0.2) is 0 Å². The lowest BCUT2D eigenvalue weighted by Crippen LogP contribution is -2.29. The number of carbonyl (C=O) groups excluding carboxylic acids is 1. The van der Waals surface area contributed by atoms with Crippen LogP contribution in [0.2, 0.25) is 0 Å². The van der Waals surface area contributed by atoms with Gasteiger partial charge in [0.2, 0.25) is 0 Å². The minimum absolute atomic E-state index is 0.0539. The average Bonchev–Trinajstić information content (AvgIpc) is 2.55. The highest BCUT2D eigenvalue weighted by atomic mass is 19.4. The molecule has 1 heterocycles. The Labute approximate surface area is 142 Å². The second kappa shape index (κ2) is 7.13. The standard InChI is InChI=1S/C18H18F3NO3/c1-4-12-9-15(17(24)25-5-2)16(23)22(11(12)3)14-8-6-7-13(10-14)18(19,20)21/h6-10H,4-5H2,1-3H3. The van der Waals surface area contributed by atoms with E-state index in [1.54, 1.807) is 13.8 Å². The van der Waals surface area contributed by atoms with Gasteiger partial charge in [0.1, 0.15) is 5.56 Å². The van der Waals surface area contributed by atoms with E-state index in [-0.39, 0.29) is 17.9 Å². The number of rotatable bonds is 4. The van der Waals surface area contributed by atoms with E-state index in [2.05, 4.69) is 0 Å². The lowest BCUT2D eigenvalue weighted by atomic mass is 10.1. The van der Waals surface area contributed by atoms with Gasteiger partial charge < -0.3 is 4.74 Å². The minimum atomic E-state index is -4.53. The molecule has 2 aromatic rings. The smallest absolute Gasteiger partial charge is 0.416 e. The fourth-order valence-electron chi connectivity index (χ4n) is 2.60. The first-order chi connectivity index (χ1) is 11.7. The van der Waals surface area contributed by atoms with Crippen molar-refractivity contribution in [1.29, 1.82) is 0 Å². The largest absolute Gasteiger partial charge is 0.462 e. The van der Waals surface area contributed by atoms with E-state index < -0.39 is 23.3 Å². The van der Waals surface area contributed by atoms with Crippen LogP contribution in [0.5, 0.6) is 0 Å². The van der Waals surface area contributed by atoms with Crippen LogP contribution < -0.4 is 5.56 Å². The zero-order valence-corrected chi connectivity index (χ0v) is 14.1. The number of aromatic nitrogens is 1. The summed E-state index contributed by atoms with van der Waals surface area (Å²) in [4.78, 5) is 24.8. The van der Waals surface area contributed by atoms with Crippen molar-refractivity contribution in [2.24, 2.45) is 0 Å². The molecule has 7 heteroatoms. The average molecular weight is 353 g/mol. The van der Waals surface area contributed by atoms with Crippen LogP contribution in [0.25, 0.3) is 5.69 Å². The number of alkyl halides is 3. The van der Waals surface area contributed by atoms with Gasteiger partial charge in [-0.25, -0.2) is 4.79 Å². The quantitative estimate of drug-likeness (QED) is 0.783. The molecule has 0 spiro atoms. The summed E-state index contributed by atoms with van der Waals surface area (Å²) in [5.74, 6) is -0.789. The normalized spacial score (nSPS) is 11.4. The molecule has 0 radical (unpaired) electrons. The molecule has 2 rings (SSSR count). The summed E-state index contributed by atoms with van der Waals surface area (Å²) in [6.45, 7) is 5.17. The highest BCUT2D eigenvalue weighted by Gasteiger charge is 2.31. The second-order valence-corrected chi connectivity index (χ2v) is 5.43. The van der Waals surface area contributed by atoms with Crippen molar-refractivity contribution in [2.75, 3.05) is 6.61 Å². The maximum absolute atomic E-state index is 13.0. The van der Waals surface area contributed by atoms with Crippen molar-refractivity contribution in [1.82, 2.24) is 4.57 Å². The van der Waals surface area contributed by atoms with E-state index in [0.717, 1.165) is 16.7 Å². The topological polar surface area (TPSA) is 48.3 Å². The Morgan fingerprint density at radius 1 is 1.20 bits per heavy atom. The molecule has 0 bridgehead atoms. The molecular formula is C18H18F3NO3. The number of ether oxygens (including phenoxy) is 1. The number of benzene rings is 1. The van der Waals surface area contributed by atoms with Crippen molar-refractivity contribution in [3.05, 3.63) is 63.1 Å². The Morgan fingerprint density at radius 2 is 1.88 bits per heavy atom. The molecule has 0 N–H and O–H groups in total. The molecule has 0 aliphatic rings. The molecule has 0 atom stereocenters. The van der Waals surface area contributed by atoms with Crippen LogP contribution in [-0.4, -0.2) is 17.1 Å². The van der Waals surface area contributed by atoms with Crippen molar-refractivity contribution in [3.63, 3.8) is 0 Å². The summed E-state index contributed by atoms with van der Waals surface area (Å²) in [7, 11) is 0. The van der Waals surface area contributed by atoms with E-state index in [9.17, 15) is 22.8 Å². The van der Waals surface area contributed by atoms with Gasteiger partial charge in [-0.1, -0.05) is 13.0 Å². The lowest BCUT2D eigenvalue weighted by Gasteiger charge is -2.17. The Bertz CT molecular complexity index is 854. The Kier molecular flexibility index (Phi) is 5.35. The molecule has 1 aromatic heterocycles. The van der Waals surface area contributed by atoms with Crippen molar-refractivity contribution < 1.29 is 22.7 Å². The van der Waals surface area contributed by atoms with Crippen LogP contribution in [0.1, 0.15) is 41.0 Å². The number of hydrogen-bond donors (Lipinski definition) is 0. The summed E-state index contributed by atoms with van der Waals surface area (Å²) in [5.41, 5.74) is -0.539. The van der Waals surface area contributed by atoms with Crippen LogP contribution in [0.15, 0.2) is 35.1 Å². The van der Waals surface area contributed by atoms with Gasteiger partial charge in [-0.15, -0.1) is 0 Å². The molecule has 0 amide bonds. The monoisotopic (exact) mass is 353 g/mol. The second-order valence-electron chi connectivity index (χ2n) is 5.43. The van der Waals surface area contributed by atoms with Gasteiger partial charge in [0, 0.05) is 11.4 Å². The van der Waals surface area contributed by atoms with E-state index in [0.29, 0.717) is 17.7 Å². The highest BCUT2D eigenvalue weighted by molar-refractivity contribution is 5.89. The third-order valence-corrected chi connectivity index (χ3v) is 3.86. The lowest BCUT2D eigenvalue weighted by molar-refractivity contribution is -0.137. The predicted octanol–water partition coefficient (Wildman–Crippen LogP) is 3.90. The third-order valence-electron chi connectivity index (χ3n) is 3.86. The summed E-state index contributed by atoms with van der Waals surface area (Å²) < 4.78 is 44.9. The molecule has 0 saturated carbocycles. The van der Waals surface area contributed by atoms with Crippen LogP contribution in [-0.2, 0) is 17.3 Å². The third kappa shape index (κ3) is 3.75. The summed E-state index contributed by atoms with van der Waals surface area (Å²) in [6, 6.07) is 5.90. The number of halogens is 3. The Hall–Kier alpha value is -2.57. The van der Waals surface area contributed by atoms with E-state index in [1.807, 2.05) is 6.92 Å². The van der Waals surface area contributed by atoms with E-state index in [4.69, 9.17) is 4.74 Å². The van der Waals surface area contributed by atoms with Gasteiger partial charge in [-0.2, -0.15) is 13.2 Å². The minimum Gasteiger partial charge on any atom is -0.462 e. The molecular weight excluding hydrogens is 335 g/mol. The summed E-state index contributed by atoms with van der Waals surface area (Å²) in [5, 5.41) is 0. The molecule has 0 saturated heterocycles. The fourth-order valence-corrected chi connectivity index (χ4v) is 2.60. The number of esters is 1. The van der Waals surface area contributed by atoms with Crippen LogP contribution >= 0.6 is 0 Å². The first kappa shape index (κ1) is 18.8. The molecule has 0 unspecified atom stereocenters. The summed E-state index contributed by atoms with van der Waals surface area (Å²) >= 11 is 0. The van der Waals surface area contributed by atoms with Gasteiger partial charge in [-0.05, 0) is 50.1 Å². The molecule has 134 valence electrons. The molecule has 25 heavy (non-hydrogen) atoms. The maximum Gasteiger partial charge on any atom is 0.416 e. The van der Waals surface area contributed by atoms with Crippen LogP contribution in [0.4, 0.5) is 13.2 Å². The molecule has 4 nitrogen and oxygen atoms in total. The zero-order valence-electron chi connectivity index (χ0n) is 14.1. The molecule has 0 aliphatic heterocycles. The first-order valence-corrected chi connectivity index (χ1v) is 7.81. The number of nitrogens with zero attached hydrogens (tertiary/aromatic N) is 1. The van der Waals surface area contributed by atoms with E-state index in [1.165, 1.54) is 18.2 Å². The van der Waals surface area contributed by atoms with Crippen molar-refractivity contribution in [2.45, 2.75) is 33.4 Å². The van der Waals surface area contributed by atoms with Gasteiger partial charge in [0.25, 0.3) is 5.56 Å². The van der Waals surface area contributed by atoms with Gasteiger partial charge in [-0.3, -0.25) is 9.36 Å². The number of hydrogen-bond acceptors (Lipinski definition) is 3. The number of aryl methyl sites for hydroxylation is 1. The van der Waals surface area contributed by atoms with Crippen molar-refractivity contribution >= 4 is 5.97 Å². The first-order valence-electron chi connectivity index (χ1n) is 7.81. The Balaban J connectivity index is 2.75. The fraction of sp³-hybridized carbons (Fsp3) is 0.333. The van der Waals surface area contributed by atoms with Crippen LogP contribution in [0, 0.1) is 6.92 Å². The predicted molar refractivity (Wildman–Crippen MR) is 87.1 cm³/mol. The van der Waals surface area contributed by atoms with Crippen LogP contribution in [0.3, 0.4) is 0 Å². The summed E-state index contributed by atoms with van der Waals surface area (Å²) in [6.07, 6.45) is -4.02. The Morgan fingerprint density at radius 3 is 2.44 bits per heavy atom. The SMILES string of the molecule is CCOC(=O)c1cc(CC)c(C)n(-c2cccc(C(F)(F)F)c2)c1=O. The highest BCUT2D eigenvalue weighted by Crippen LogP contribution is 2.30. The number of pyridine rings is 1.